The molecular weight excluding hydrogens is 390 g/mol. The Kier molecular flexibility index (Phi) is 5.75. The quantitative estimate of drug-likeness (QED) is 0.789. The molecule has 1 amide bonds. The van der Waals surface area contributed by atoms with Crippen LogP contribution in [0.3, 0.4) is 0 Å². The maximum atomic E-state index is 11.8. The summed E-state index contributed by atoms with van der Waals surface area (Å²) in [7, 11) is 1.56. The lowest BCUT2D eigenvalue weighted by atomic mass is 9.87. The smallest absolute Gasteiger partial charge is 0.219 e. The highest BCUT2D eigenvalue weighted by Gasteiger charge is 2.41. The normalized spacial score (nSPS) is 20.5. The topological polar surface area (TPSA) is 74.2 Å². The first-order chi connectivity index (χ1) is 14.8. The van der Waals surface area contributed by atoms with Crippen LogP contribution in [0.5, 0.6) is 11.5 Å². The minimum absolute atomic E-state index is 0.103. The molecule has 2 aromatic rings. The zero-order chi connectivity index (χ0) is 22.2. The molecule has 0 aromatic heterocycles. The first-order valence-electron chi connectivity index (χ1n) is 10.9. The molecule has 2 aromatic carbocycles. The predicted octanol–water partition coefficient (Wildman–Crippen LogP) is 3.88. The SMILES string of the molecule is COc1cccc(C2CC(c3ccc(C)c(C)c3)=NC3(CCN(C(C)=O)CC3)N2)c1O. The Morgan fingerprint density at radius 2 is 1.94 bits per heavy atom. The molecule has 1 unspecified atom stereocenters. The van der Waals surface area contributed by atoms with E-state index in [9.17, 15) is 9.90 Å². The summed E-state index contributed by atoms with van der Waals surface area (Å²) in [5.74, 6) is 0.737. The van der Waals surface area contributed by atoms with E-state index < -0.39 is 5.66 Å². The van der Waals surface area contributed by atoms with Gasteiger partial charge in [0.25, 0.3) is 0 Å². The van der Waals surface area contributed by atoms with Gasteiger partial charge in [0.05, 0.1) is 7.11 Å². The number of phenolic OH excluding ortho intramolecular Hbond substituents is 1. The van der Waals surface area contributed by atoms with Crippen molar-refractivity contribution in [3.05, 3.63) is 58.7 Å². The van der Waals surface area contributed by atoms with E-state index in [1.54, 1.807) is 20.1 Å². The predicted molar refractivity (Wildman–Crippen MR) is 122 cm³/mol. The van der Waals surface area contributed by atoms with Crippen molar-refractivity contribution < 1.29 is 14.6 Å². The number of piperidine rings is 1. The van der Waals surface area contributed by atoms with Gasteiger partial charge in [-0.1, -0.05) is 24.3 Å². The van der Waals surface area contributed by atoms with Crippen LogP contribution in [0, 0.1) is 13.8 Å². The molecule has 0 bridgehead atoms. The second kappa shape index (κ2) is 8.35. The Morgan fingerprint density at radius 1 is 1.19 bits per heavy atom. The van der Waals surface area contributed by atoms with Crippen molar-refractivity contribution in [2.45, 2.75) is 51.7 Å². The average molecular weight is 422 g/mol. The molecule has 0 saturated carbocycles. The van der Waals surface area contributed by atoms with Gasteiger partial charge in [-0.15, -0.1) is 0 Å². The summed E-state index contributed by atoms with van der Waals surface area (Å²) in [5.41, 5.74) is 4.99. The molecule has 1 fully saturated rings. The van der Waals surface area contributed by atoms with Gasteiger partial charge in [0, 0.05) is 56.6 Å². The third kappa shape index (κ3) is 4.17. The molecule has 2 heterocycles. The molecule has 2 aliphatic rings. The summed E-state index contributed by atoms with van der Waals surface area (Å²) >= 11 is 0. The fourth-order valence-corrected chi connectivity index (χ4v) is 4.63. The van der Waals surface area contributed by atoms with Crippen molar-refractivity contribution in [1.29, 1.82) is 0 Å². The molecular formula is C25H31N3O3. The number of nitrogens with zero attached hydrogens (tertiary/aromatic N) is 2. The van der Waals surface area contributed by atoms with Crippen LogP contribution in [0.25, 0.3) is 0 Å². The van der Waals surface area contributed by atoms with Crippen LogP contribution in [0.1, 0.15) is 54.5 Å². The lowest BCUT2D eigenvalue weighted by Crippen LogP contribution is -2.56. The molecule has 2 aliphatic heterocycles. The Bertz CT molecular complexity index is 1020. The number of aliphatic imine (C=N–C) groups is 1. The van der Waals surface area contributed by atoms with Gasteiger partial charge in [0.2, 0.25) is 5.91 Å². The average Bonchev–Trinajstić information content (AvgIpc) is 2.76. The van der Waals surface area contributed by atoms with Crippen LogP contribution >= 0.6 is 0 Å². The van der Waals surface area contributed by atoms with E-state index >= 15 is 0 Å². The van der Waals surface area contributed by atoms with Gasteiger partial charge in [0.15, 0.2) is 11.5 Å². The minimum atomic E-state index is -0.460. The fraction of sp³-hybridized carbons (Fsp3) is 0.440. The number of aromatic hydroxyl groups is 1. The molecule has 1 spiro atoms. The van der Waals surface area contributed by atoms with Crippen LogP contribution in [0.4, 0.5) is 0 Å². The molecule has 0 radical (unpaired) electrons. The van der Waals surface area contributed by atoms with Crippen molar-refractivity contribution in [1.82, 2.24) is 10.2 Å². The molecule has 164 valence electrons. The highest BCUT2D eigenvalue weighted by atomic mass is 16.5. The number of methoxy groups -OCH3 is 1. The second-order valence-corrected chi connectivity index (χ2v) is 8.69. The van der Waals surface area contributed by atoms with E-state index in [4.69, 9.17) is 9.73 Å². The Labute approximate surface area is 183 Å². The van der Waals surface area contributed by atoms with E-state index in [0.717, 1.165) is 29.7 Å². The van der Waals surface area contributed by atoms with Crippen molar-refractivity contribution in [3.8, 4) is 11.5 Å². The number of carbonyl (C=O) groups is 1. The van der Waals surface area contributed by atoms with Gasteiger partial charge in [-0.2, -0.15) is 0 Å². The van der Waals surface area contributed by atoms with Crippen molar-refractivity contribution >= 4 is 11.6 Å². The summed E-state index contributed by atoms with van der Waals surface area (Å²) in [6.07, 6.45) is 2.14. The molecule has 6 nitrogen and oxygen atoms in total. The van der Waals surface area contributed by atoms with E-state index in [0.29, 0.717) is 25.3 Å². The van der Waals surface area contributed by atoms with Gasteiger partial charge < -0.3 is 14.7 Å². The van der Waals surface area contributed by atoms with Gasteiger partial charge in [-0.3, -0.25) is 15.1 Å². The van der Waals surface area contributed by atoms with E-state index in [1.165, 1.54) is 11.1 Å². The van der Waals surface area contributed by atoms with Crippen LogP contribution in [-0.4, -0.2) is 47.5 Å². The summed E-state index contributed by atoms with van der Waals surface area (Å²) in [6.45, 7) is 7.19. The molecule has 4 rings (SSSR count). The third-order valence-corrected chi connectivity index (χ3v) is 6.69. The van der Waals surface area contributed by atoms with Crippen molar-refractivity contribution in [2.24, 2.45) is 4.99 Å². The van der Waals surface area contributed by atoms with Crippen LogP contribution in [0.15, 0.2) is 41.4 Å². The number of amides is 1. The number of rotatable bonds is 3. The molecule has 1 atom stereocenters. The van der Waals surface area contributed by atoms with Gasteiger partial charge >= 0.3 is 0 Å². The third-order valence-electron chi connectivity index (χ3n) is 6.69. The molecule has 2 N–H and O–H groups in total. The van der Waals surface area contributed by atoms with Crippen molar-refractivity contribution in [3.63, 3.8) is 0 Å². The van der Waals surface area contributed by atoms with Crippen molar-refractivity contribution in [2.75, 3.05) is 20.2 Å². The number of aryl methyl sites for hydroxylation is 2. The lowest BCUT2D eigenvalue weighted by Gasteiger charge is -2.45. The summed E-state index contributed by atoms with van der Waals surface area (Å²) < 4.78 is 5.34. The van der Waals surface area contributed by atoms with Gasteiger partial charge in [-0.25, -0.2) is 0 Å². The maximum absolute atomic E-state index is 11.8. The first-order valence-corrected chi connectivity index (χ1v) is 10.9. The van der Waals surface area contributed by atoms with Crippen LogP contribution in [0.2, 0.25) is 0 Å². The number of phenols is 1. The maximum Gasteiger partial charge on any atom is 0.219 e. The Morgan fingerprint density at radius 3 is 2.58 bits per heavy atom. The van der Waals surface area contributed by atoms with E-state index in [1.807, 2.05) is 17.0 Å². The number of nitrogens with one attached hydrogen (secondary N) is 1. The standard InChI is InChI=1S/C25H31N3O3/c1-16-8-9-19(14-17(16)2)21-15-22(20-6-5-7-23(31-4)24(20)30)27-25(26-21)10-12-28(13-11-25)18(3)29/h5-9,14,22,27,30H,10-13,15H2,1-4H3. The summed E-state index contributed by atoms with van der Waals surface area (Å²) in [6, 6.07) is 12.0. The first kappa shape index (κ1) is 21.4. The highest BCUT2D eigenvalue weighted by Crippen LogP contribution is 2.40. The zero-order valence-corrected chi connectivity index (χ0v) is 18.7. The molecule has 6 heteroatoms. The zero-order valence-electron chi connectivity index (χ0n) is 18.7. The number of hydrogen-bond donors (Lipinski definition) is 2. The monoisotopic (exact) mass is 421 g/mol. The van der Waals surface area contributed by atoms with E-state index in [-0.39, 0.29) is 17.7 Å². The number of carbonyl (C=O) groups excluding carboxylic acids is 1. The summed E-state index contributed by atoms with van der Waals surface area (Å²) in [5, 5.41) is 14.5. The number of hydrogen-bond acceptors (Lipinski definition) is 5. The van der Waals surface area contributed by atoms with Gasteiger partial charge in [0.1, 0.15) is 5.66 Å². The van der Waals surface area contributed by atoms with E-state index in [2.05, 4.69) is 37.4 Å². The Balaban J connectivity index is 1.74. The number of para-hydroxylation sites is 1. The minimum Gasteiger partial charge on any atom is -0.504 e. The molecule has 1 saturated heterocycles. The number of likely N-dealkylation sites (tertiary alicyclic amines) is 1. The van der Waals surface area contributed by atoms with Crippen LogP contribution < -0.4 is 10.1 Å². The second-order valence-electron chi connectivity index (χ2n) is 8.69. The Hall–Kier alpha value is -2.86. The number of benzene rings is 2. The molecule has 0 aliphatic carbocycles. The number of ether oxygens (including phenoxy) is 1. The largest absolute Gasteiger partial charge is 0.504 e. The fourth-order valence-electron chi connectivity index (χ4n) is 4.63. The highest BCUT2D eigenvalue weighted by molar-refractivity contribution is 6.02. The van der Waals surface area contributed by atoms with Crippen LogP contribution in [-0.2, 0) is 4.79 Å². The summed E-state index contributed by atoms with van der Waals surface area (Å²) in [4.78, 5) is 18.9. The molecule has 31 heavy (non-hydrogen) atoms. The lowest BCUT2D eigenvalue weighted by molar-refractivity contribution is -0.130. The van der Waals surface area contributed by atoms with Gasteiger partial charge in [-0.05, 0) is 42.7 Å².